The van der Waals surface area contributed by atoms with Crippen LogP contribution in [0.25, 0.3) is 0 Å². The van der Waals surface area contributed by atoms with Crippen molar-refractivity contribution in [1.29, 1.82) is 0 Å². The zero-order chi connectivity index (χ0) is 11.7. The highest BCUT2D eigenvalue weighted by Crippen LogP contribution is 2.06. The van der Waals surface area contributed by atoms with Gasteiger partial charge in [0.1, 0.15) is 6.04 Å². The van der Waals surface area contributed by atoms with Crippen LogP contribution in [0.1, 0.15) is 46.5 Å². The van der Waals surface area contributed by atoms with Crippen LogP contribution in [0.2, 0.25) is 0 Å². The summed E-state index contributed by atoms with van der Waals surface area (Å²) >= 11 is 0. The second-order valence-corrected chi connectivity index (χ2v) is 3.94. The number of ether oxygens (including phenoxy) is 1. The minimum absolute atomic E-state index is 0.104. The number of hydrogen-bond acceptors (Lipinski definition) is 3. The summed E-state index contributed by atoms with van der Waals surface area (Å²) in [5.74, 6) is -0.123. The van der Waals surface area contributed by atoms with E-state index in [1.54, 1.807) is 0 Å². The lowest BCUT2D eigenvalue weighted by Crippen LogP contribution is -2.40. The van der Waals surface area contributed by atoms with E-state index in [0.717, 1.165) is 38.8 Å². The summed E-state index contributed by atoms with van der Waals surface area (Å²) in [7, 11) is 1.46. The third-order valence-corrected chi connectivity index (χ3v) is 2.69. The van der Waals surface area contributed by atoms with Gasteiger partial charge in [0.05, 0.1) is 7.11 Å². The maximum atomic E-state index is 11.4. The Bertz CT molecular complexity index is 163. The van der Waals surface area contributed by atoms with Crippen LogP contribution in [0.5, 0.6) is 0 Å². The normalized spacial score (nSPS) is 12.9. The molecule has 0 heterocycles. The molecule has 1 unspecified atom stereocenters. The fourth-order valence-corrected chi connectivity index (χ4v) is 1.54. The summed E-state index contributed by atoms with van der Waals surface area (Å²) < 4.78 is 4.77. The molecule has 0 amide bonds. The molecule has 0 aromatic heterocycles. The fourth-order valence-electron chi connectivity index (χ4n) is 1.54. The number of rotatable bonds is 8. The highest BCUT2D eigenvalue weighted by molar-refractivity contribution is 5.75. The van der Waals surface area contributed by atoms with Crippen LogP contribution in [-0.4, -0.2) is 37.1 Å². The van der Waals surface area contributed by atoms with Crippen molar-refractivity contribution < 1.29 is 9.53 Å². The van der Waals surface area contributed by atoms with Crippen molar-refractivity contribution >= 4 is 5.97 Å². The van der Waals surface area contributed by atoms with Crippen LogP contribution < -0.4 is 0 Å². The highest BCUT2D eigenvalue weighted by atomic mass is 16.5. The molecule has 1 atom stereocenters. The van der Waals surface area contributed by atoms with Crippen LogP contribution in [0.15, 0.2) is 0 Å². The number of unbranched alkanes of at least 4 members (excludes halogenated alkanes) is 2. The molecule has 0 bridgehead atoms. The van der Waals surface area contributed by atoms with Gasteiger partial charge in [0.15, 0.2) is 0 Å². The van der Waals surface area contributed by atoms with Gasteiger partial charge in [0.2, 0.25) is 0 Å². The minimum Gasteiger partial charge on any atom is -0.468 e. The van der Waals surface area contributed by atoms with Crippen LogP contribution in [-0.2, 0) is 9.53 Å². The average Bonchev–Trinajstić information content (AvgIpc) is 2.27. The van der Waals surface area contributed by atoms with E-state index in [9.17, 15) is 4.79 Å². The van der Waals surface area contributed by atoms with Gasteiger partial charge in [-0.05, 0) is 32.9 Å². The van der Waals surface area contributed by atoms with Crippen molar-refractivity contribution in [1.82, 2.24) is 4.90 Å². The first-order valence-electron chi connectivity index (χ1n) is 5.99. The van der Waals surface area contributed by atoms with Gasteiger partial charge in [-0.3, -0.25) is 9.69 Å². The van der Waals surface area contributed by atoms with Crippen molar-refractivity contribution in [3.8, 4) is 0 Å². The number of methoxy groups -OCH3 is 1. The second-order valence-electron chi connectivity index (χ2n) is 3.94. The van der Waals surface area contributed by atoms with E-state index in [0.29, 0.717) is 0 Å². The van der Waals surface area contributed by atoms with Gasteiger partial charge in [-0.25, -0.2) is 0 Å². The van der Waals surface area contributed by atoms with Crippen molar-refractivity contribution in [2.24, 2.45) is 0 Å². The average molecular weight is 215 g/mol. The molecule has 90 valence electrons. The van der Waals surface area contributed by atoms with Crippen molar-refractivity contribution in [3.05, 3.63) is 0 Å². The Hall–Kier alpha value is -0.570. The molecule has 0 rings (SSSR count). The molecule has 0 radical (unpaired) electrons. The molecule has 3 nitrogen and oxygen atoms in total. The van der Waals surface area contributed by atoms with E-state index in [2.05, 4.69) is 18.7 Å². The number of nitrogens with zero attached hydrogens (tertiary/aromatic N) is 1. The minimum atomic E-state index is -0.123. The Morgan fingerprint density at radius 2 is 1.67 bits per heavy atom. The molecule has 0 fully saturated rings. The Balaban J connectivity index is 4.12. The molecular formula is C12H25NO2. The third-order valence-electron chi connectivity index (χ3n) is 2.69. The van der Waals surface area contributed by atoms with E-state index in [4.69, 9.17) is 4.74 Å². The van der Waals surface area contributed by atoms with Crippen LogP contribution >= 0.6 is 0 Å². The van der Waals surface area contributed by atoms with Gasteiger partial charge in [-0.1, -0.05) is 26.7 Å². The molecule has 0 saturated heterocycles. The summed E-state index contributed by atoms with van der Waals surface area (Å²) in [4.78, 5) is 13.6. The van der Waals surface area contributed by atoms with Gasteiger partial charge in [-0.2, -0.15) is 0 Å². The van der Waals surface area contributed by atoms with Gasteiger partial charge in [-0.15, -0.1) is 0 Å². The molecule has 0 aliphatic rings. The molecule has 0 aromatic carbocycles. The summed E-state index contributed by atoms with van der Waals surface area (Å²) in [6, 6.07) is -0.104. The highest BCUT2D eigenvalue weighted by Gasteiger charge is 2.20. The summed E-state index contributed by atoms with van der Waals surface area (Å²) in [6.07, 6.45) is 4.61. The second kappa shape index (κ2) is 8.72. The Morgan fingerprint density at radius 1 is 1.20 bits per heavy atom. The first kappa shape index (κ1) is 14.4. The van der Waals surface area contributed by atoms with Crippen LogP contribution in [0, 0.1) is 0 Å². The van der Waals surface area contributed by atoms with Gasteiger partial charge >= 0.3 is 5.97 Å². The predicted molar refractivity (Wildman–Crippen MR) is 62.9 cm³/mol. The van der Waals surface area contributed by atoms with Crippen molar-refractivity contribution in [2.45, 2.75) is 52.5 Å². The third kappa shape index (κ3) is 5.78. The van der Waals surface area contributed by atoms with Crippen molar-refractivity contribution in [3.63, 3.8) is 0 Å². The number of carbonyl (C=O) groups excluding carboxylic acids is 1. The van der Waals surface area contributed by atoms with E-state index in [-0.39, 0.29) is 12.0 Å². The predicted octanol–water partition coefficient (Wildman–Crippen LogP) is 2.45. The maximum Gasteiger partial charge on any atom is 0.322 e. The van der Waals surface area contributed by atoms with E-state index >= 15 is 0 Å². The van der Waals surface area contributed by atoms with E-state index in [1.165, 1.54) is 7.11 Å². The molecule has 15 heavy (non-hydrogen) atoms. The van der Waals surface area contributed by atoms with Crippen LogP contribution in [0.3, 0.4) is 0 Å². The maximum absolute atomic E-state index is 11.4. The Kier molecular flexibility index (Phi) is 8.38. The molecule has 3 heteroatoms. The number of carbonyl (C=O) groups is 1. The summed E-state index contributed by atoms with van der Waals surface area (Å²) in [5, 5.41) is 0. The SMILES string of the molecule is CCCCN(CCCC)C(C)C(=O)OC. The van der Waals surface area contributed by atoms with Gasteiger partial charge < -0.3 is 4.74 Å². The standard InChI is InChI=1S/C12H25NO2/c1-5-7-9-13(10-8-6-2)11(3)12(14)15-4/h11H,5-10H2,1-4H3. The van der Waals surface area contributed by atoms with E-state index < -0.39 is 0 Å². The first-order valence-corrected chi connectivity index (χ1v) is 5.99. The van der Waals surface area contributed by atoms with Gasteiger partial charge in [0, 0.05) is 0 Å². The molecule has 0 saturated carbocycles. The first-order chi connectivity index (χ1) is 7.17. The smallest absolute Gasteiger partial charge is 0.322 e. The molecular weight excluding hydrogens is 190 g/mol. The summed E-state index contributed by atoms with van der Waals surface area (Å²) in [6.45, 7) is 8.25. The molecule has 0 aromatic rings. The van der Waals surface area contributed by atoms with Crippen LogP contribution in [0.4, 0.5) is 0 Å². The molecule has 0 N–H and O–H groups in total. The Morgan fingerprint density at radius 3 is 2.00 bits per heavy atom. The monoisotopic (exact) mass is 215 g/mol. The molecule has 0 aliphatic carbocycles. The summed E-state index contributed by atoms with van der Waals surface area (Å²) in [5.41, 5.74) is 0. The number of esters is 1. The fraction of sp³-hybridized carbons (Fsp3) is 0.917. The molecule has 0 aliphatic heterocycles. The topological polar surface area (TPSA) is 29.5 Å². The lowest BCUT2D eigenvalue weighted by Gasteiger charge is -2.26. The number of hydrogen-bond donors (Lipinski definition) is 0. The Labute approximate surface area is 93.8 Å². The quantitative estimate of drug-likeness (QED) is 0.582. The molecule has 0 spiro atoms. The zero-order valence-corrected chi connectivity index (χ0v) is 10.6. The lowest BCUT2D eigenvalue weighted by atomic mass is 10.2. The van der Waals surface area contributed by atoms with Gasteiger partial charge in [0.25, 0.3) is 0 Å². The zero-order valence-electron chi connectivity index (χ0n) is 10.6. The largest absolute Gasteiger partial charge is 0.468 e. The van der Waals surface area contributed by atoms with Crippen molar-refractivity contribution in [2.75, 3.05) is 20.2 Å². The van der Waals surface area contributed by atoms with E-state index in [1.807, 2.05) is 6.92 Å². The lowest BCUT2D eigenvalue weighted by molar-refractivity contribution is -0.146.